The smallest absolute Gasteiger partial charge is 0.319 e. The normalized spacial score (nSPS) is 20.3. The van der Waals surface area contributed by atoms with Crippen LogP contribution in [-0.4, -0.2) is 23.4 Å². The Labute approximate surface area is 150 Å². The quantitative estimate of drug-likeness (QED) is 0.793. The van der Waals surface area contributed by atoms with E-state index in [0.717, 1.165) is 22.9 Å². The molecule has 0 saturated carbocycles. The van der Waals surface area contributed by atoms with Crippen LogP contribution in [0.2, 0.25) is 0 Å². The first-order valence-electron chi connectivity index (χ1n) is 7.95. The maximum Gasteiger partial charge on any atom is 0.325 e. The number of aryl methyl sites for hydroxylation is 1. The van der Waals surface area contributed by atoms with Crippen molar-refractivity contribution in [2.45, 2.75) is 25.3 Å². The van der Waals surface area contributed by atoms with Crippen LogP contribution in [0.25, 0.3) is 0 Å². The fourth-order valence-electron chi connectivity index (χ4n) is 2.98. The van der Waals surface area contributed by atoms with Gasteiger partial charge in [0.2, 0.25) is 0 Å². The van der Waals surface area contributed by atoms with Crippen molar-refractivity contribution in [3.8, 4) is 0 Å². The summed E-state index contributed by atoms with van der Waals surface area (Å²) in [7, 11) is 0. The summed E-state index contributed by atoms with van der Waals surface area (Å²) in [6, 6.07) is 17.2. The summed E-state index contributed by atoms with van der Waals surface area (Å²) in [5.41, 5.74) is 0.980. The van der Waals surface area contributed by atoms with Gasteiger partial charge in [-0.3, -0.25) is 9.69 Å². The molecule has 0 bridgehead atoms. The zero-order valence-electron chi connectivity index (χ0n) is 13.5. The third kappa shape index (κ3) is 3.22. The largest absolute Gasteiger partial charge is 0.325 e. The molecule has 3 rings (SSSR count). The van der Waals surface area contributed by atoms with E-state index in [-0.39, 0.29) is 11.9 Å². The lowest BCUT2D eigenvalue weighted by Gasteiger charge is -2.22. The Hall–Kier alpha value is -2.14. The van der Waals surface area contributed by atoms with Crippen molar-refractivity contribution >= 4 is 27.9 Å². The molecule has 5 heteroatoms. The number of imide groups is 1. The Morgan fingerprint density at radius 3 is 2.54 bits per heavy atom. The van der Waals surface area contributed by atoms with Crippen LogP contribution < -0.4 is 5.32 Å². The van der Waals surface area contributed by atoms with Crippen LogP contribution in [0.5, 0.6) is 0 Å². The SMILES string of the molecule is C[C@]1(c2cccc(Br)c2)NC(=O)N(CCCc2ccccc2)C1=O. The molecule has 4 nitrogen and oxygen atoms in total. The van der Waals surface area contributed by atoms with Crippen LogP contribution in [0.3, 0.4) is 0 Å². The predicted octanol–water partition coefficient (Wildman–Crippen LogP) is 3.85. The molecule has 1 saturated heterocycles. The number of amides is 3. The van der Waals surface area contributed by atoms with Crippen LogP contribution in [-0.2, 0) is 16.8 Å². The monoisotopic (exact) mass is 386 g/mol. The first kappa shape index (κ1) is 16.7. The van der Waals surface area contributed by atoms with Crippen molar-refractivity contribution in [2.75, 3.05) is 6.54 Å². The molecule has 1 fully saturated rings. The minimum absolute atomic E-state index is 0.196. The van der Waals surface area contributed by atoms with Gasteiger partial charge in [0.1, 0.15) is 5.54 Å². The Balaban J connectivity index is 1.70. The number of carbonyl (C=O) groups excluding carboxylic acids is 2. The number of halogens is 1. The molecule has 0 radical (unpaired) electrons. The fourth-order valence-corrected chi connectivity index (χ4v) is 3.38. The summed E-state index contributed by atoms with van der Waals surface area (Å²) in [5.74, 6) is -0.196. The van der Waals surface area contributed by atoms with Gasteiger partial charge in [0.25, 0.3) is 5.91 Å². The van der Waals surface area contributed by atoms with Gasteiger partial charge >= 0.3 is 6.03 Å². The summed E-state index contributed by atoms with van der Waals surface area (Å²) >= 11 is 3.41. The number of urea groups is 1. The van der Waals surface area contributed by atoms with Gasteiger partial charge in [-0.1, -0.05) is 58.4 Å². The zero-order valence-corrected chi connectivity index (χ0v) is 15.0. The van der Waals surface area contributed by atoms with Crippen LogP contribution in [0.1, 0.15) is 24.5 Å². The van der Waals surface area contributed by atoms with E-state index in [1.165, 1.54) is 10.5 Å². The molecule has 3 amide bonds. The zero-order chi connectivity index (χ0) is 17.2. The Morgan fingerprint density at radius 1 is 1.08 bits per heavy atom. The summed E-state index contributed by atoms with van der Waals surface area (Å²) in [6.07, 6.45) is 1.59. The molecule has 0 unspecified atom stereocenters. The van der Waals surface area contributed by atoms with Crippen molar-refractivity contribution in [2.24, 2.45) is 0 Å². The summed E-state index contributed by atoms with van der Waals surface area (Å²) < 4.78 is 0.880. The van der Waals surface area contributed by atoms with Crippen LogP contribution in [0.15, 0.2) is 59.1 Å². The summed E-state index contributed by atoms with van der Waals surface area (Å²) in [5, 5.41) is 2.84. The number of rotatable bonds is 5. The van der Waals surface area contributed by atoms with Gasteiger partial charge < -0.3 is 5.32 Å². The highest BCUT2D eigenvalue weighted by Gasteiger charge is 2.48. The third-order valence-corrected chi connectivity index (χ3v) is 4.86. The van der Waals surface area contributed by atoms with E-state index in [4.69, 9.17) is 0 Å². The van der Waals surface area contributed by atoms with E-state index in [2.05, 4.69) is 33.4 Å². The summed E-state index contributed by atoms with van der Waals surface area (Å²) in [4.78, 5) is 26.4. The van der Waals surface area contributed by atoms with Crippen LogP contribution in [0.4, 0.5) is 4.79 Å². The minimum atomic E-state index is -1.01. The second-order valence-electron chi connectivity index (χ2n) is 6.11. The van der Waals surface area contributed by atoms with E-state index >= 15 is 0 Å². The molecule has 124 valence electrons. The van der Waals surface area contributed by atoms with Crippen molar-refractivity contribution in [1.29, 1.82) is 0 Å². The van der Waals surface area contributed by atoms with Gasteiger partial charge in [-0.25, -0.2) is 4.79 Å². The topological polar surface area (TPSA) is 49.4 Å². The molecule has 24 heavy (non-hydrogen) atoms. The molecule has 2 aromatic carbocycles. The van der Waals surface area contributed by atoms with Gasteiger partial charge in [-0.05, 0) is 43.0 Å². The molecule has 1 N–H and O–H groups in total. The average Bonchev–Trinajstić information content (AvgIpc) is 2.80. The molecule has 0 aromatic heterocycles. The van der Waals surface area contributed by atoms with Crippen molar-refractivity contribution in [1.82, 2.24) is 10.2 Å². The van der Waals surface area contributed by atoms with Gasteiger partial charge in [0.05, 0.1) is 0 Å². The molecule has 1 atom stereocenters. The first-order valence-corrected chi connectivity index (χ1v) is 8.74. The van der Waals surface area contributed by atoms with E-state index in [0.29, 0.717) is 6.54 Å². The molecule has 1 aliphatic rings. The Kier molecular flexibility index (Phi) is 4.71. The van der Waals surface area contributed by atoms with Crippen LogP contribution in [0, 0.1) is 0 Å². The third-order valence-electron chi connectivity index (χ3n) is 4.37. The lowest BCUT2D eigenvalue weighted by molar-refractivity contribution is -0.131. The number of hydrogen-bond acceptors (Lipinski definition) is 2. The van der Waals surface area contributed by atoms with E-state index in [9.17, 15) is 9.59 Å². The molecular weight excluding hydrogens is 368 g/mol. The number of hydrogen-bond donors (Lipinski definition) is 1. The van der Waals surface area contributed by atoms with Crippen molar-refractivity contribution in [3.05, 3.63) is 70.2 Å². The molecule has 0 aliphatic carbocycles. The number of nitrogens with zero attached hydrogens (tertiary/aromatic N) is 1. The Morgan fingerprint density at radius 2 is 1.83 bits per heavy atom. The van der Waals surface area contributed by atoms with E-state index < -0.39 is 5.54 Å². The second kappa shape index (κ2) is 6.77. The predicted molar refractivity (Wildman–Crippen MR) is 96.5 cm³/mol. The van der Waals surface area contributed by atoms with E-state index in [1.54, 1.807) is 6.92 Å². The van der Waals surface area contributed by atoms with Crippen molar-refractivity contribution < 1.29 is 9.59 Å². The van der Waals surface area contributed by atoms with Crippen LogP contribution >= 0.6 is 15.9 Å². The highest BCUT2D eigenvalue weighted by atomic mass is 79.9. The van der Waals surface area contributed by atoms with Gasteiger partial charge in [0, 0.05) is 11.0 Å². The standard InChI is InChI=1S/C19H19BrN2O2/c1-19(15-10-5-11-16(20)13-15)17(23)22(18(24)21-19)12-6-9-14-7-3-2-4-8-14/h2-5,7-8,10-11,13H,6,9,12H2,1H3,(H,21,24)/t19-/m1/s1. The summed E-state index contributed by atoms with van der Waals surface area (Å²) in [6.45, 7) is 2.18. The molecule has 0 spiro atoms. The lowest BCUT2D eigenvalue weighted by atomic mass is 9.92. The first-order chi connectivity index (χ1) is 11.5. The number of benzene rings is 2. The molecular formula is C19H19BrN2O2. The van der Waals surface area contributed by atoms with E-state index in [1.807, 2.05) is 42.5 Å². The second-order valence-corrected chi connectivity index (χ2v) is 7.03. The average molecular weight is 387 g/mol. The number of nitrogens with one attached hydrogen (secondary N) is 1. The highest BCUT2D eigenvalue weighted by molar-refractivity contribution is 9.10. The van der Waals surface area contributed by atoms with Gasteiger partial charge in [0.15, 0.2) is 0 Å². The lowest BCUT2D eigenvalue weighted by Crippen LogP contribution is -2.41. The minimum Gasteiger partial charge on any atom is -0.319 e. The Bertz CT molecular complexity index is 763. The molecule has 2 aromatic rings. The maximum atomic E-state index is 12.8. The van der Waals surface area contributed by atoms with Crippen molar-refractivity contribution in [3.63, 3.8) is 0 Å². The molecule has 1 heterocycles. The molecule has 1 aliphatic heterocycles. The van der Waals surface area contributed by atoms with Gasteiger partial charge in [-0.15, -0.1) is 0 Å². The highest BCUT2D eigenvalue weighted by Crippen LogP contribution is 2.30. The fraction of sp³-hybridized carbons (Fsp3) is 0.263. The maximum absolute atomic E-state index is 12.8. The number of carbonyl (C=O) groups is 2. The van der Waals surface area contributed by atoms with Gasteiger partial charge in [-0.2, -0.15) is 0 Å².